The highest BCUT2D eigenvalue weighted by Crippen LogP contribution is 2.21. The summed E-state index contributed by atoms with van der Waals surface area (Å²) in [5.41, 5.74) is 0.0594. The van der Waals surface area contributed by atoms with Gasteiger partial charge in [-0.3, -0.25) is 9.59 Å². The molecule has 0 unspecified atom stereocenters. The zero-order valence-corrected chi connectivity index (χ0v) is 7.76. The first kappa shape index (κ1) is 10.0. The van der Waals surface area contributed by atoms with Crippen LogP contribution in [0.2, 0.25) is 0 Å². The Morgan fingerprint density at radius 3 is 2.15 bits per heavy atom. The lowest BCUT2D eigenvalue weighted by Gasteiger charge is -1.99. The summed E-state index contributed by atoms with van der Waals surface area (Å²) in [6.07, 6.45) is 0. The minimum atomic E-state index is -0.786. The number of hydrogen-bond donors (Lipinski definition) is 1. The van der Waals surface area contributed by atoms with Crippen LogP contribution in [0.5, 0.6) is 5.75 Å². The molecule has 5 heteroatoms. The van der Waals surface area contributed by atoms with E-state index in [4.69, 9.17) is 23.2 Å². The molecule has 1 aromatic carbocycles. The summed E-state index contributed by atoms with van der Waals surface area (Å²) in [5, 5.41) is 7.70. The molecule has 0 aliphatic rings. The SMILES string of the molecule is O=C(Cl)c1ccc(C(=O)Cl)c(O)c1. The van der Waals surface area contributed by atoms with E-state index in [1.807, 2.05) is 0 Å². The fourth-order valence-electron chi connectivity index (χ4n) is 0.820. The maximum atomic E-state index is 10.6. The van der Waals surface area contributed by atoms with Crippen LogP contribution in [0.3, 0.4) is 0 Å². The van der Waals surface area contributed by atoms with Gasteiger partial charge in [-0.1, -0.05) is 0 Å². The molecule has 0 fully saturated rings. The number of phenols is 1. The molecule has 0 aromatic heterocycles. The van der Waals surface area contributed by atoms with Crippen molar-refractivity contribution >= 4 is 33.7 Å². The molecule has 0 bridgehead atoms. The van der Waals surface area contributed by atoms with Crippen LogP contribution in [-0.4, -0.2) is 15.6 Å². The van der Waals surface area contributed by atoms with E-state index >= 15 is 0 Å². The van der Waals surface area contributed by atoms with Crippen molar-refractivity contribution in [1.82, 2.24) is 0 Å². The smallest absolute Gasteiger partial charge is 0.256 e. The molecule has 0 atom stereocenters. The molecule has 68 valence electrons. The largest absolute Gasteiger partial charge is 0.507 e. The van der Waals surface area contributed by atoms with Gasteiger partial charge < -0.3 is 5.11 Å². The Bertz CT molecular complexity index is 374. The highest BCUT2D eigenvalue weighted by molar-refractivity contribution is 6.68. The van der Waals surface area contributed by atoms with Crippen molar-refractivity contribution in [3.63, 3.8) is 0 Å². The third-order valence-corrected chi connectivity index (χ3v) is 1.86. The van der Waals surface area contributed by atoms with E-state index in [9.17, 15) is 14.7 Å². The number of carbonyl (C=O) groups is 2. The van der Waals surface area contributed by atoms with Gasteiger partial charge in [0.25, 0.3) is 10.5 Å². The second-order valence-corrected chi connectivity index (χ2v) is 2.97. The molecule has 0 aliphatic carbocycles. The van der Waals surface area contributed by atoms with Crippen molar-refractivity contribution in [3.8, 4) is 5.75 Å². The van der Waals surface area contributed by atoms with E-state index in [1.165, 1.54) is 12.1 Å². The Morgan fingerprint density at radius 2 is 1.77 bits per heavy atom. The third kappa shape index (κ3) is 2.20. The van der Waals surface area contributed by atoms with Crippen LogP contribution in [0.25, 0.3) is 0 Å². The number of rotatable bonds is 2. The Balaban J connectivity index is 3.20. The molecular formula is C8H4Cl2O3. The fourth-order valence-corrected chi connectivity index (χ4v) is 1.10. The minimum absolute atomic E-state index is 0.0525. The van der Waals surface area contributed by atoms with Crippen molar-refractivity contribution in [1.29, 1.82) is 0 Å². The number of halogens is 2. The van der Waals surface area contributed by atoms with E-state index < -0.39 is 10.5 Å². The van der Waals surface area contributed by atoms with Crippen molar-refractivity contribution in [2.75, 3.05) is 0 Å². The number of benzene rings is 1. The van der Waals surface area contributed by atoms with Crippen LogP contribution in [-0.2, 0) is 0 Å². The highest BCUT2D eigenvalue weighted by Gasteiger charge is 2.10. The number of aromatic hydroxyl groups is 1. The van der Waals surface area contributed by atoms with Crippen molar-refractivity contribution in [2.45, 2.75) is 0 Å². The summed E-state index contributed by atoms with van der Waals surface area (Å²) >= 11 is 10.3. The molecule has 0 saturated carbocycles. The quantitative estimate of drug-likeness (QED) is 0.775. The lowest BCUT2D eigenvalue weighted by Crippen LogP contribution is -1.93. The summed E-state index contributed by atoms with van der Waals surface area (Å²) in [6, 6.07) is 3.63. The second kappa shape index (κ2) is 3.77. The Hall–Kier alpha value is -1.06. The Morgan fingerprint density at radius 1 is 1.15 bits per heavy atom. The average Bonchev–Trinajstić information content (AvgIpc) is 2.03. The molecule has 0 saturated heterocycles. The maximum Gasteiger partial charge on any atom is 0.256 e. The molecule has 1 aromatic rings. The maximum absolute atomic E-state index is 10.6. The van der Waals surface area contributed by atoms with Gasteiger partial charge in [0.1, 0.15) is 5.75 Å². The molecule has 0 radical (unpaired) electrons. The molecule has 13 heavy (non-hydrogen) atoms. The van der Waals surface area contributed by atoms with Gasteiger partial charge in [-0.25, -0.2) is 0 Å². The Labute approximate surface area is 83.9 Å². The van der Waals surface area contributed by atoms with Crippen LogP contribution in [0, 0.1) is 0 Å². The molecule has 3 nitrogen and oxygen atoms in total. The molecule has 1 N–H and O–H groups in total. The van der Waals surface area contributed by atoms with Crippen LogP contribution < -0.4 is 0 Å². The van der Waals surface area contributed by atoms with E-state index in [1.54, 1.807) is 0 Å². The van der Waals surface area contributed by atoms with Crippen molar-refractivity contribution < 1.29 is 14.7 Å². The van der Waals surface area contributed by atoms with Gasteiger partial charge in [-0.2, -0.15) is 0 Å². The predicted molar refractivity (Wildman–Crippen MR) is 48.5 cm³/mol. The minimum Gasteiger partial charge on any atom is -0.507 e. The highest BCUT2D eigenvalue weighted by atomic mass is 35.5. The van der Waals surface area contributed by atoms with Gasteiger partial charge in [0.05, 0.1) is 5.56 Å². The first-order chi connectivity index (χ1) is 6.02. The first-order valence-electron chi connectivity index (χ1n) is 3.25. The lowest BCUT2D eigenvalue weighted by atomic mass is 10.1. The summed E-state index contributed by atoms with van der Waals surface area (Å²) < 4.78 is 0. The zero-order chi connectivity index (χ0) is 10.0. The lowest BCUT2D eigenvalue weighted by molar-refractivity contribution is 0.106. The summed E-state index contributed by atoms with van der Waals surface area (Å²) in [5.74, 6) is -0.355. The number of phenolic OH excluding ortho intramolecular Hbond substituents is 1. The van der Waals surface area contributed by atoms with Gasteiger partial charge in [0.15, 0.2) is 0 Å². The number of carbonyl (C=O) groups excluding carboxylic acids is 2. The van der Waals surface area contributed by atoms with Crippen molar-refractivity contribution in [2.24, 2.45) is 0 Å². The van der Waals surface area contributed by atoms with Gasteiger partial charge in [0.2, 0.25) is 0 Å². The van der Waals surface area contributed by atoms with E-state index in [2.05, 4.69) is 0 Å². The van der Waals surface area contributed by atoms with Gasteiger partial charge in [-0.05, 0) is 41.4 Å². The van der Waals surface area contributed by atoms with Crippen LogP contribution in [0.4, 0.5) is 0 Å². The van der Waals surface area contributed by atoms with Crippen LogP contribution in [0.1, 0.15) is 20.7 Å². The van der Waals surface area contributed by atoms with Gasteiger partial charge in [-0.15, -0.1) is 0 Å². The summed E-state index contributed by atoms with van der Waals surface area (Å²) in [6.45, 7) is 0. The Kier molecular flexibility index (Phi) is 2.90. The van der Waals surface area contributed by atoms with Crippen LogP contribution in [0.15, 0.2) is 18.2 Å². The first-order valence-corrected chi connectivity index (χ1v) is 4.00. The molecule has 0 aliphatic heterocycles. The second-order valence-electron chi connectivity index (χ2n) is 2.28. The third-order valence-electron chi connectivity index (χ3n) is 1.44. The van der Waals surface area contributed by atoms with E-state index in [0.717, 1.165) is 6.07 Å². The monoisotopic (exact) mass is 218 g/mol. The standard InChI is InChI=1S/C8H4Cl2O3/c9-7(12)4-1-2-5(8(10)13)6(11)3-4/h1-3,11H. The molecule has 0 amide bonds. The topological polar surface area (TPSA) is 54.4 Å². The summed E-state index contributed by atoms with van der Waals surface area (Å²) in [7, 11) is 0. The average molecular weight is 219 g/mol. The molecule has 0 spiro atoms. The van der Waals surface area contributed by atoms with E-state index in [-0.39, 0.29) is 16.9 Å². The van der Waals surface area contributed by atoms with E-state index in [0.29, 0.717) is 0 Å². The molecular weight excluding hydrogens is 215 g/mol. The fraction of sp³-hybridized carbons (Fsp3) is 0. The normalized spacial score (nSPS) is 9.69. The molecule has 1 rings (SSSR count). The summed E-state index contributed by atoms with van der Waals surface area (Å²) in [4.78, 5) is 21.3. The predicted octanol–water partition coefficient (Wildman–Crippen LogP) is 2.15. The van der Waals surface area contributed by atoms with Gasteiger partial charge in [0, 0.05) is 5.56 Å². The van der Waals surface area contributed by atoms with Crippen molar-refractivity contribution in [3.05, 3.63) is 29.3 Å². The van der Waals surface area contributed by atoms with Crippen LogP contribution >= 0.6 is 23.2 Å². The number of hydrogen-bond acceptors (Lipinski definition) is 3. The molecule has 0 heterocycles. The van der Waals surface area contributed by atoms with Gasteiger partial charge >= 0.3 is 0 Å². The zero-order valence-electron chi connectivity index (χ0n) is 6.25.